The van der Waals surface area contributed by atoms with Gasteiger partial charge in [-0.25, -0.2) is 0 Å². The van der Waals surface area contributed by atoms with Gasteiger partial charge in [0, 0.05) is 6.61 Å². The summed E-state index contributed by atoms with van der Waals surface area (Å²) in [6.07, 6.45) is 3.66. The Kier molecular flexibility index (Phi) is 4.74. The highest BCUT2D eigenvalue weighted by atomic mass is 16.3. The van der Waals surface area contributed by atoms with Gasteiger partial charge in [-0.05, 0) is 17.8 Å². The molecule has 0 atom stereocenters. The van der Waals surface area contributed by atoms with Crippen LogP contribution in [-0.4, -0.2) is 11.7 Å². The van der Waals surface area contributed by atoms with Gasteiger partial charge in [0.25, 0.3) is 0 Å². The topological polar surface area (TPSA) is 20.2 Å². The van der Waals surface area contributed by atoms with Crippen molar-refractivity contribution in [3.63, 3.8) is 0 Å². The Morgan fingerprint density at radius 3 is 2.18 bits per heavy atom. The van der Waals surface area contributed by atoms with E-state index in [1.54, 1.807) is 0 Å². The quantitative estimate of drug-likeness (QED) is 0.652. The summed E-state index contributed by atoms with van der Waals surface area (Å²) in [7, 11) is 0. The molecule has 0 saturated heterocycles. The lowest BCUT2D eigenvalue weighted by Crippen LogP contribution is -2.16. The lowest BCUT2D eigenvalue weighted by Gasteiger charge is -2.21. The zero-order valence-electron chi connectivity index (χ0n) is 8.35. The minimum absolute atomic E-state index is 0.134. The van der Waals surface area contributed by atoms with Crippen molar-refractivity contribution in [2.75, 3.05) is 6.61 Å². The van der Waals surface area contributed by atoms with Gasteiger partial charge in [0.1, 0.15) is 0 Å². The fourth-order valence-electron chi connectivity index (χ4n) is 1.07. The maximum absolute atomic E-state index is 8.96. The predicted octanol–water partition coefficient (Wildman–Crippen LogP) is 2.83. The molecule has 0 aromatic heterocycles. The van der Waals surface area contributed by atoms with Crippen LogP contribution in [0.25, 0.3) is 0 Å². The summed E-state index contributed by atoms with van der Waals surface area (Å²) >= 11 is 0. The minimum atomic E-state index is 0.134. The van der Waals surface area contributed by atoms with Gasteiger partial charge in [0.2, 0.25) is 0 Å². The van der Waals surface area contributed by atoms with E-state index in [2.05, 4.69) is 27.7 Å². The van der Waals surface area contributed by atoms with Crippen molar-refractivity contribution < 1.29 is 5.11 Å². The summed E-state index contributed by atoms with van der Waals surface area (Å²) in [6, 6.07) is 0. The summed E-state index contributed by atoms with van der Waals surface area (Å²) in [4.78, 5) is 0. The van der Waals surface area contributed by atoms with Crippen LogP contribution in [0.5, 0.6) is 0 Å². The fraction of sp³-hybridized carbons (Fsp3) is 1.00. The Labute approximate surface area is 70.8 Å². The third-order valence-corrected chi connectivity index (χ3v) is 2.06. The number of aliphatic hydroxyl groups is 1. The Hall–Kier alpha value is -0.0400. The average molecular weight is 158 g/mol. The molecule has 0 aliphatic rings. The molecule has 68 valence electrons. The molecule has 1 nitrogen and oxygen atoms in total. The molecule has 0 aromatic carbocycles. The van der Waals surface area contributed by atoms with Gasteiger partial charge in [-0.15, -0.1) is 0 Å². The molecule has 0 aromatic rings. The summed E-state index contributed by atoms with van der Waals surface area (Å²) in [5.74, 6) is 0.796. The smallest absolute Gasteiger partial charge is 0.0482 e. The van der Waals surface area contributed by atoms with Gasteiger partial charge in [-0.3, -0.25) is 0 Å². The second kappa shape index (κ2) is 4.76. The van der Waals surface area contributed by atoms with E-state index in [-0.39, 0.29) is 5.41 Å². The summed E-state index contributed by atoms with van der Waals surface area (Å²) in [5, 5.41) is 8.96. The van der Waals surface area contributed by atoms with Crippen molar-refractivity contribution in [1.29, 1.82) is 0 Å². The van der Waals surface area contributed by atoms with E-state index >= 15 is 0 Å². The van der Waals surface area contributed by atoms with Gasteiger partial charge in [0.15, 0.2) is 0 Å². The normalized spacial score (nSPS) is 12.5. The van der Waals surface area contributed by atoms with Crippen molar-refractivity contribution in [2.45, 2.75) is 47.0 Å². The van der Waals surface area contributed by atoms with E-state index in [4.69, 9.17) is 5.11 Å². The van der Waals surface area contributed by atoms with Crippen LogP contribution in [0.3, 0.4) is 0 Å². The predicted molar refractivity (Wildman–Crippen MR) is 49.6 cm³/mol. The van der Waals surface area contributed by atoms with Crippen LogP contribution in [0.2, 0.25) is 0 Å². The van der Waals surface area contributed by atoms with Gasteiger partial charge in [-0.1, -0.05) is 40.5 Å². The summed E-state index contributed by atoms with van der Waals surface area (Å²) in [6.45, 7) is 9.03. The molecule has 1 N–H and O–H groups in total. The maximum Gasteiger partial charge on any atom is 0.0482 e. The lowest BCUT2D eigenvalue weighted by atomic mass is 9.87. The summed E-state index contributed by atoms with van der Waals surface area (Å²) in [5.41, 5.74) is 0.134. The molecule has 0 radical (unpaired) electrons. The number of hydrogen-bond donors (Lipinski definition) is 1. The SMILES string of the molecule is CC(C)CCCC(C)(C)CO. The molecule has 0 aliphatic carbocycles. The van der Waals surface area contributed by atoms with Crippen LogP contribution in [0, 0.1) is 11.3 Å². The van der Waals surface area contributed by atoms with Crippen molar-refractivity contribution in [2.24, 2.45) is 11.3 Å². The van der Waals surface area contributed by atoms with Gasteiger partial charge in [-0.2, -0.15) is 0 Å². The van der Waals surface area contributed by atoms with E-state index in [0.29, 0.717) is 6.61 Å². The first-order valence-corrected chi connectivity index (χ1v) is 4.59. The van der Waals surface area contributed by atoms with Crippen LogP contribution in [0.15, 0.2) is 0 Å². The van der Waals surface area contributed by atoms with Crippen molar-refractivity contribution in [3.05, 3.63) is 0 Å². The van der Waals surface area contributed by atoms with Crippen LogP contribution in [0.4, 0.5) is 0 Å². The van der Waals surface area contributed by atoms with E-state index in [0.717, 1.165) is 12.3 Å². The number of rotatable bonds is 5. The molecule has 0 bridgehead atoms. The third kappa shape index (κ3) is 6.36. The van der Waals surface area contributed by atoms with Crippen LogP contribution >= 0.6 is 0 Å². The molecule has 1 heteroatoms. The highest BCUT2D eigenvalue weighted by Crippen LogP contribution is 2.23. The molecular formula is C10H22O. The highest BCUT2D eigenvalue weighted by molar-refractivity contribution is 4.66. The molecule has 0 aliphatic heterocycles. The van der Waals surface area contributed by atoms with Gasteiger partial charge >= 0.3 is 0 Å². The summed E-state index contributed by atoms with van der Waals surface area (Å²) < 4.78 is 0. The molecule has 0 fully saturated rings. The zero-order valence-corrected chi connectivity index (χ0v) is 8.35. The van der Waals surface area contributed by atoms with Crippen LogP contribution < -0.4 is 0 Å². The molecule has 11 heavy (non-hydrogen) atoms. The Balaban J connectivity index is 3.38. The van der Waals surface area contributed by atoms with E-state index in [9.17, 15) is 0 Å². The molecule has 0 saturated carbocycles. The second-order valence-corrected chi connectivity index (χ2v) is 4.61. The maximum atomic E-state index is 8.96. The average Bonchev–Trinajstić information content (AvgIpc) is 1.87. The zero-order chi connectivity index (χ0) is 8.91. The fourth-order valence-corrected chi connectivity index (χ4v) is 1.07. The lowest BCUT2D eigenvalue weighted by molar-refractivity contribution is 0.146. The first kappa shape index (κ1) is 11.0. The molecule has 0 heterocycles. The van der Waals surface area contributed by atoms with Gasteiger partial charge < -0.3 is 5.11 Å². The van der Waals surface area contributed by atoms with Crippen LogP contribution in [0.1, 0.15) is 47.0 Å². The van der Waals surface area contributed by atoms with E-state index in [1.807, 2.05) is 0 Å². The largest absolute Gasteiger partial charge is 0.396 e. The standard InChI is InChI=1S/C10H22O/c1-9(2)6-5-7-10(3,4)8-11/h9,11H,5-8H2,1-4H3. The second-order valence-electron chi connectivity index (χ2n) is 4.61. The first-order valence-electron chi connectivity index (χ1n) is 4.59. The molecule has 0 amide bonds. The Morgan fingerprint density at radius 2 is 1.82 bits per heavy atom. The minimum Gasteiger partial charge on any atom is -0.396 e. The highest BCUT2D eigenvalue weighted by Gasteiger charge is 2.15. The first-order chi connectivity index (χ1) is 4.98. The third-order valence-electron chi connectivity index (χ3n) is 2.06. The molecule has 0 spiro atoms. The Bertz CT molecular complexity index is 95.0. The molecule has 0 rings (SSSR count). The number of hydrogen-bond acceptors (Lipinski definition) is 1. The Morgan fingerprint density at radius 1 is 1.27 bits per heavy atom. The van der Waals surface area contributed by atoms with Gasteiger partial charge in [0.05, 0.1) is 0 Å². The molecular weight excluding hydrogens is 136 g/mol. The van der Waals surface area contributed by atoms with E-state index in [1.165, 1.54) is 12.8 Å². The van der Waals surface area contributed by atoms with Crippen molar-refractivity contribution >= 4 is 0 Å². The monoisotopic (exact) mass is 158 g/mol. The number of aliphatic hydroxyl groups excluding tert-OH is 1. The van der Waals surface area contributed by atoms with Crippen molar-refractivity contribution in [1.82, 2.24) is 0 Å². The molecule has 0 unspecified atom stereocenters. The van der Waals surface area contributed by atoms with E-state index < -0.39 is 0 Å². The van der Waals surface area contributed by atoms with Crippen LogP contribution in [-0.2, 0) is 0 Å². The van der Waals surface area contributed by atoms with Crippen molar-refractivity contribution in [3.8, 4) is 0 Å².